The van der Waals surface area contributed by atoms with Gasteiger partial charge in [0.1, 0.15) is 0 Å². The molecule has 0 radical (unpaired) electrons. The molecule has 2 aromatic heterocycles. The third kappa shape index (κ3) is 1.69. The minimum atomic E-state index is 0.748. The van der Waals surface area contributed by atoms with Crippen molar-refractivity contribution >= 4 is 28.2 Å². The summed E-state index contributed by atoms with van der Waals surface area (Å²) in [5.74, 6) is 0. The molecule has 0 aliphatic rings. The van der Waals surface area contributed by atoms with Crippen LogP contribution in [0.3, 0.4) is 0 Å². The molecule has 3 rings (SSSR count). The van der Waals surface area contributed by atoms with Crippen molar-refractivity contribution < 1.29 is 0 Å². The Kier molecular flexibility index (Phi) is 2.52. The Morgan fingerprint density at radius 3 is 2.94 bits per heavy atom. The lowest BCUT2D eigenvalue weighted by atomic mass is 10.2. The zero-order chi connectivity index (χ0) is 11.8. The molecule has 0 atom stereocenters. The lowest BCUT2D eigenvalue weighted by molar-refractivity contribution is 0.890. The van der Waals surface area contributed by atoms with E-state index in [0.717, 1.165) is 34.6 Å². The standard InChI is InChI=1S/C14H13ClN2/c1-2-4-11-13-5-3-8-17(13)14-9-10(15)6-7-12(14)16-11/h3,5-9H,2,4H2,1H3. The predicted octanol–water partition coefficient (Wildman–Crippen LogP) is 4.09. The Balaban J connectivity index is 2.42. The van der Waals surface area contributed by atoms with Crippen molar-refractivity contribution in [1.29, 1.82) is 0 Å². The van der Waals surface area contributed by atoms with Crippen LogP contribution in [-0.2, 0) is 6.42 Å². The van der Waals surface area contributed by atoms with Gasteiger partial charge in [0.15, 0.2) is 0 Å². The zero-order valence-corrected chi connectivity index (χ0v) is 10.4. The number of aromatic nitrogens is 2. The van der Waals surface area contributed by atoms with Crippen LogP contribution >= 0.6 is 11.6 Å². The molecule has 3 aromatic rings. The minimum Gasteiger partial charge on any atom is -0.313 e. The van der Waals surface area contributed by atoms with E-state index in [1.54, 1.807) is 0 Å². The van der Waals surface area contributed by atoms with Crippen LogP contribution in [0.4, 0.5) is 0 Å². The van der Waals surface area contributed by atoms with E-state index in [4.69, 9.17) is 16.6 Å². The first-order valence-electron chi connectivity index (χ1n) is 5.85. The van der Waals surface area contributed by atoms with Crippen LogP contribution in [0, 0.1) is 0 Å². The molecule has 0 aliphatic carbocycles. The summed E-state index contributed by atoms with van der Waals surface area (Å²) in [7, 11) is 0. The topological polar surface area (TPSA) is 17.3 Å². The van der Waals surface area contributed by atoms with Crippen molar-refractivity contribution in [3.63, 3.8) is 0 Å². The van der Waals surface area contributed by atoms with E-state index >= 15 is 0 Å². The average molecular weight is 245 g/mol. The van der Waals surface area contributed by atoms with Gasteiger partial charge in [-0.05, 0) is 36.8 Å². The van der Waals surface area contributed by atoms with Crippen molar-refractivity contribution in [3.05, 3.63) is 47.2 Å². The van der Waals surface area contributed by atoms with Gasteiger partial charge in [0.2, 0.25) is 0 Å². The van der Waals surface area contributed by atoms with E-state index in [0.29, 0.717) is 0 Å². The third-order valence-corrected chi connectivity index (χ3v) is 3.22. The summed E-state index contributed by atoms with van der Waals surface area (Å²) in [6, 6.07) is 10.00. The fourth-order valence-electron chi connectivity index (χ4n) is 2.23. The molecule has 0 saturated heterocycles. The summed E-state index contributed by atoms with van der Waals surface area (Å²) in [5, 5.41) is 0.748. The highest BCUT2D eigenvalue weighted by Gasteiger charge is 2.07. The zero-order valence-electron chi connectivity index (χ0n) is 9.65. The maximum atomic E-state index is 6.05. The highest BCUT2D eigenvalue weighted by molar-refractivity contribution is 6.31. The smallest absolute Gasteiger partial charge is 0.0875 e. The van der Waals surface area contributed by atoms with Gasteiger partial charge in [-0.15, -0.1) is 0 Å². The van der Waals surface area contributed by atoms with E-state index < -0.39 is 0 Å². The quantitative estimate of drug-likeness (QED) is 0.664. The van der Waals surface area contributed by atoms with Crippen molar-refractivity contribution in [2.45, 2.75) is 19.8 Å². The molecule has 0 fully saturated rings. The molecule has 0 amide bonds. The molecule has 0 saturated carbocycles. The second-order valence-electron chi connectivity index (χ2n) is 4.20. The highest BCUT2D eigenvalue weighted by atomic mass is 35.5. The molecule has 2 nitrogen and oxygen atoms in total. The fraction of sp³-hybridized carbons (Fsp3) is 0.214. The first-order chi connectivity index (χ1) is 8.29. The second-order valence-corrected chi connectivity index (χ2v) is 4.64. The van der Waals surface area contributed by atoms with Gasteiger partial charge in [-0.1, -0.05) is 24.9 Å². The van der Waals surface area contributed by atoms with Gasteiger partial charge in [-0.3, -0.25) is 0 Å². The minimum absolute atomic E-state index is 0.748. The molecular weight excluding hydrogens is 232 g/mol. The van der Waals surface area contributed by atoms with Gasteiger partial charge < -0.3 is 4.40 Å². The van der Waals surface area contributed by atoms with E-state index in [2.05, 4.69) is 29.7 Å². The van der Waals surface area contributed by atoms with Crippen LogP contribution in [0.5, 0.6) is 0 Å². The van der Waals surface area contributed by atoms with E-state index in [-0.39, 0.29) is 0 Å². The lowest BCUT2D eigenvalue weighted by Gasteiger charge is -2.07. The maximum Gasteiger partial charge on any atom is 0.0875 e. The monoisotopic (exact) mass is 244 g/mol. The number of hydrogen-bond donors (Lipinski definition) is 0. The summed E-state index contributed by atoms with van der Waals surface area (Å²) in [5.41, 5.74) is 4.41. The summed E-state index contributed by atoms with van der Waals surface area (Å²) in [4.78, 5) is 4.73. The van der Waals surface area contributed by atoms with Crippen LogP contribution in [0.1, 0.15) is 19.0 Å². The Bertz CT molecular complexity index is 685. The highest BCUT2D eigenvalue weighted by Crippen LogP contribution is 2.22. The molecule has 17 heavy (non-hydrogen) atoms. The molecule has 1 aromatic carbocycles. The van der Waals surface area contributed by atoms with Crippen LogP contribution in [-0.4, -0.2) is 9.38 Å². The summed E-state index contributed by atoms with van der Waals surface area (Å²) in [6.07, 6.45) is 4.17. The number of benzene rings is 1. The number of hydrogen-bond acceptors (Lipinski definition) is 1. The molecule has 2 heterocycles. The molecule has 0 N–H and O–H groups in total. The van der Waals surface area contributed by atoms with Gasteiger partial charge in [-0.25, -0.2) is 4.98 Å². The number of fused-ring (bicyclic) bond motifs is 3. The number of nitrogens with zero attached hydrogens (tertiary/aromatic N) is 2. The Morgan fingerprint density at radius 1 is 1.24 bits per heavy atom. The Labute approximate surface area is 105 Å². The fourth-order valence-corrected chi connectivity index (χ4v) is 2.40. The van der Waals surface area contributed by atoms with Crippen molar-refractivity contribution in [3.8, 4) is 0 Å². The van der Waals surface area contributed by atoms with Crippen LogP contribution in [0.25, 0.3) is 16.6 Å². The third-order valence-electron chi connectivity index (χ3n) is 2.98. The molecule has 0 unspecified atom stereocenters. The molecular formula is C14H13ClN2. The normalized spacial score (nSPS) is 11.4. The van der Waals surface area contributed by atoms with Crippen LogP contribution in [0.15, 0.2) is 36.5 Å². The maximum absolute atomic E-state index is 6.05. The molecule has 0 spiro atoms. The number of rotatable bonds is 2. The first kappa shape index (κ1) is 10.6. The Morgan fingerprint density at radius 2 is 2.12 bits per heavy atom. The molecule has 86 valence electrons. The van der Waals surface area contributed by atoms with E-state index in [1.165, 1.54) is 5.52 Å². The summed E-state index contributed by atoms with van der Waals surface area (Å²) < 4.78 is 2.17. The predicted molar refractivity (Wildman–Crippen MR) is 71.7 cm³/mol. The van der Waals surface area contributed by atoms with E-state index in [1.807, 2.05) is 18.2 Å². The summed E-state index contributed by atoms with van der Waals surface area (Å²) in [6.45, 7) is 2.17. The van der Waals surface area contributed by atoms with Crippen LogP contribution in [0.2, 0.25) is 5.02 Å². The van der Waals surface area contributed by atoms with E-state index in [9.17, 15) is 0 Å². The summed E-state index contributed by atoms with van der Waals surface area (Å²) >= 11 is 6.05. The lowest BCUT2D eigenvalue weighted by Crippen LogP contribution is -1.97. The van der Waals surface area contributed by atoms with Crippen molar-refractivity contribution in [2.75, 3.05) is 0 Å². The average Bonchev–Trinajstić information content (AvgIpc) is 2.80. The van der Waals surface area contributed by atoms with Gasteiger partial charge in [-0.2, -0.15) is 0 Å². The van der Waals surface area contributed by atoms with Gasteiger partial charge in [0, 0.05) is 11.2 Å². The van der Waals surface area contributed by atoms with Gasteiger partial charge >= 0.3 is 0 Å². The number of aryl methyl sites for hydroxylation is 1. The van der Waals surface area contributed by atoms with Gasteiger partial charge in [0.05, 0.1) is 22.2 Å². The molecule has 0 aliphatic heterocycles. The molecule has 3 heteroatoms. The van der Waals surface area contributed by atoms with Crippen molar-refractivity contribution in [2.24, 2.45) is 0 Å². The second kappa shape index (κ2) is 4.04. The first-order valence-corrected chi connectivity index (χ1v) is 6.22. The molecule has 0 bridgehead atoms. The Hall–Kier alpha value is -1.54. The van der Waals surface area contributed by atoms with Crippen LogP contribution < -0.4 is 0 Å². The number of halogens is 1. The SMILES string of the molecule is CCCc1nc2ccc(Cl)cc2n2cccc12. The van der Waals surface area contributed by atoms with Gasteiger partial charge in [0.25, 0.3) is 0 Å². The largest absolute Gasteiger partial charge is 0.313 e. The van der Waals surface area contributed by atoms with Crippen molar-refractivity contribution in [1.82, 2.24) is 9.38 Å².